The van der Waals surface area contributed by atoms with Crippen LogP contribution in [0.15, 0.2) is 78.9 Å². The van der Waals surface area contributed by atoms with Crippen LogP contribution in [-0.4, -0.2) is 10.8 Å². The summed E-state index contributed by atoms with van der Waals surface area (Å²) in [6, 6.07) is 23.7. The number of nitrogens with zero attached hydrogens (tertiary/aromatic N) is 1. The third-order valence-electron chi connectivity index (χ3n) is 4.85. The highest BCUT2D eigenvalue weighted by molar-refractivity contribution is 5.99. The average molecular weight is 346 g/mol. The minimum absolute atomic E-state index is 0.00318. The molecule has 0 saturated heterocycles. The average Bonchev–Trinajstić information content (AvgIpc) is 2.96. The van der Waals surface area contributed by atoms with Crippen molar-refractivity contribution in [2.75, 3.05) is 5.32 Å². The number of carbonyl (C=O) groups excluding carboxylic acids is 1. The Bertz CT molecular complexity index is 924. The Balaban J connectivity index is 1.73. The van der Waals surface area contributed by atoms with Crippen molar-refractivity contribution in [2.24, 2.45) is 0 Å². The molecule has 0 aliphatic carbocycles. The van der Waals surface area contributed by atoms with E-state index in [1.54, 1.807) is 12.1 Å². The van der Waals surface area contributed by atoms with E-state index >= 15 is 0 Å². The molecule has 0 aromatic heterocycles. The van der Waals surface area contributed by atoms with Gasteiger partial charge in [-0.25, -0.2) is 4.39 Å². The van der Waals surface area contributed by atoms with Gasteiger partial charge in [-0.1, -0.05) is 48.5 Å². The fourth-order valence-electron chi connectivity index (χ4n) is 3.48. The summed E-state index contributed by atoms with van der Waals surface area (Å²) in [4.78, 5) is 14.9. The summed E-state index contributed by atoms with van der Waals surface area (Å²) in [6.45, 7) is 2.03. The lowest BCUT2D eigenvalue weighted by molar-refractivity contribution is 0.0667. The number of hydrogen-bond acceptors (Lipinski definition) is 2. The summed E-state index contributed by atoms with van der Waals surface area (Å²) in [6.07, 6.45) is -0.306. The molecule has 0 saturated carbocycles. The topological polar surface area (TPSA) is 32.3 Å². The van der Waals surface area contributed by atoms with Crippen LogP contribution in [0.1, 0.15) is 40.6 Å². The zero-order valence-corrected chi connectivity index (χ0v) is 14.4. The van der Waals surface area contributed by atoms with Crippen molar-refractivity contribution in [1.29, 1.82) is 0 Å². The highest BCUT2D eigenvalue weighted by atomic mass is 19.1. The third kappa shape index (κ3) is 2.84. The fourth-order valence-corrected chi connectivity index (χ4v) is 3.48. The van der Waals surface area contributed by atoms with Gasteiger partial charge in [0, 0.05) is 16.8 Å². The van der Waals surface area contributed by atoms with Crippen molar-refractivity contribution in [1.82, 2.24) is 4.90 Å². The lowest BCUT2D eigenvalue weighted by Crippen LogP contribution is -2.34. The van der Waals surface area contributed by atoms with Crippen molar-refractivity contribution in [2.45, 2.75) is 19.1 Å². The van der Waals surface area contributed by atoms with E-state index in [4.69, 9.17) is 0 Å². The van der Waals surface area contributed by atoms with Crippen molar-refractivity contribution >= 4 is 11.6 Å². The zero-order valence-electron chi connectivity index (χ0n) is 14.4. The van der Waals surface area contributed by atoms with Crippen molar-refractivity contribution in [3.63, 3.8) is 0 Å². The molecule has 3 aromatic carbocycles. The van der Waals surface area contributed by atoms with Gasteiger partial charge in [0.1, 0.15) is 12.0 Å². The van der Waals surface area contributed by atoms with E-state index in [2.05, 4.69) is 5.32 Å². The van der Waals surface area contributed by atoms with Crippen LogP contribution in [-0.2, 0) is 0 Å². The second kappa shape index (κ2) is 6.64. The van der Waals surface area contributed by atoms with Gasteiger partial charge in [0.25, 0.3) is 5.91 Å². The number of carbonyl (C=O) groups is 1. The molecule has 1 heterocycles. The minimum Gasteiger partial charge on any atom is -0.361 e. The number of hydrogen-bond donors (Lipinski definition) is 1. The summed E-state index contributed by atoms with van der Waals surface area (Å²) in [5.74, 6) is -0.287. The first-order valence-electron chi connectivity index (χ1n) is 8.64. The number of benzene rings is 3. The Morgan fingerprint density at radius 1 is 0.923 bits per heavy atom. The first-order chi connectivity index (χ1) is 12.6. The lowest BCUT2D eigenvalue weighted by Gasteiger charge is -2.32. The lowest BCUT2D eigenvalue weighted by atomic mass is 10.1. The molecule has 3 aromatic rings. The Morgan fingerprint density at radius 3 is 2.31 bits per heavy atom. The molecule has 1 N–H and O–H groups in total. The van der Waals surface area contributed by atoms with E-state index < -0.39 is 0 Å². The van der Waals surface area contributed by atoms with Gasteiger partial charge >= 0.3 is 0 Å². The fraction of sp³-hybridized carbons (Fsp3) is 0.136. The van der Waals surface area contributed by atoms with Crippen LogP contribution in [0.5, 0.6) is 0 Å². The minimum atomic E-state index is -0.306. The normalized spacial score (nSPS) is 17.1. The second-order valence-corrected chi connectivity index (χ2v) is 6.44. The molecule has 0 radical (unpaired) electrons. The molecule has 4 rings (SSSR count). The van der Waals surface area contributed by atoms with Crippen LogP contribution in [0.3, 0.4) is 0 Å². The Hall–Kier alpha value is -3.14. The van der Waals surface area contributed by atoms with Crippen LogP contribution in [0, 0.1) is 5.82 Å². The molecule has 26 heavy (non-hydrogen) atoms. The maximum Gasteiger partial charge on any atom is 0.256 e. The van der Waals surface area contributed by atoms with Gasteiger partial charge in [-0.05, 0) is 42.8 Å². The molecule has 0 bridgehead atoms. The molecule has 0 fully saturated rings. The predicted molar refractivity (Wildman–Crippen MR) is 100 cm³/mol. The molecular formula is C22H19FN2O. The first-order valence-corrected chi connectivity index (χ1v) is 8.64. The van der Waals surface area contributed by atoms with Crippen LogP contribution >= 0.6 is 0 Å². The van der Waals surface area contributed by atoms with Crippen molar-refractivity contribution < 1.29 is 9.18 Å². The summed E-state index contributed by atoms with van der Waals surface area (Å²) >= 11 is 0. The zero-order chi connectivity index (χ0) is 18.1. The van der Waals surface area contributed by atoms with Gasteiger partial charge in [0.05, 0.1) is 6.04 Å². The van der Waals surface area contributed by atoms with Gasteiger partial charge < -0.3 is 10.2 Å². The van der Waals surface area contributed by atoms with Gasteiger partial charge in [-0.3, -0.25) is 4.79 Å². The number of nitrogens with one attached hydrogen (secondary N) is 1. The standard InChI is InChI=1S/C22H19FN2O/c1-15(16-7-3-2-4-8-16)25-21(24-18-13-11-17(23)12-14-18)19-9-5-6-10-20(19)22(25)26/h2-15,21,24H,1H3/t15-,21-/m0/s1. The molecule has 2 atom stereocenters. The van der Waals surface area contributed by atoms with Gasteiger partial charge in [-0.2, -0.15) is 0 Å². The van der Waals surface area contributed by atoms with Gasteiger partial charge in [-0.15, -0.1) is 0 Å². The largest absolute Gasteiger partial charge is 0.361 e. The van der Waals surface area contributed by atoms with E-state index in [-0.39, 0.29) is 23.9 Å². The van der Waals surface area contributed by atoms with Crippen molar-refractivity contribution in [3.05, 3.63) is 101 Å². The molecule has 0 unspecified atom stereocenters. The van der Waals surface area contributed by atoms with Crippen LogP contribution < -0.4 is 5.32 Å². The number of halogens is 1. The number of fused-ring (bicyclic) bond motifs is 1. The summed E-state index contributed by atoms with van der Waals surface area (Å²) in [7, 11) is 0. The highest BCUT2D eigenvalue weighted by Gasteiger charge is 2.39. The molecule has 1 aliphatic heterocycles. The van der Waals surface area contributed by atoms with E-state index in [0.29, 0.717) is 5.56 Å². The predicted octanol–water partition coefficient (Wildman–Crippen LogP) is 5.15. The maximum atomic E-state index is 13.2. The van der Waals surface area contributed by atoms with E-state index in [9.17, 15) is 9.18 Å². The van der Waals surface area contributed by atoms with Crippen LogP contribution in [0.2, 0.25) is 0 Å². The molecule has 130 valence electrons. The van der Waals surface area contributed by atoms with Gasteiger partial charge in [0.15, 0.2) is 0 Å². The van der Waals surface area contributed by atoms with Crippen LogP contribution in [0.25, 0.3) is 0 Å². The molecule has 1 aliphatic rings. The summed E-state index contributed by atoms with van der Waals surface area (Å²) in [5.41, 5.74) is 3.48. The Morgan fingerprint density at radius 2 is 1.58 bits per heavy atom. The number of amides is 1. The summed E-state index contributed by atoms with van der Waals surface area (Å²) < 4.78 is 13.2. The van der Waals surface area contributed by atoms with Gasteiger partial charge in [0.2, 0.25) is 0 Å². The Labute approximate surface area is 152 Å². The first kappa shape index (κ1) is 16.3. The monoisotopic (exact) mass is 346 g/mol. The SMILES string of the molecule is C[C@@H](c1ccccc1)N1C(=O)c2ccccc2[C@H]1Nc1ccc(F)cc1. The van der Waals surface area contributed by atoms with E-state index in [1.165, 1.54) is 12.1 Å². The molecule has 3 nitrogen and oxygen atoms in total. The number of rotatable bonds is 4. The molecule has 4 heteroatoms. The molecular weight excluding hydrogens is 327 g/mol. The van der Waals surface area contributed by atoms with Crippen molar-refractivity contribution in [3.8, 4) is 0 Å². The summed E-state index contributed by atoms with van der Waals surface area (Å²) in [5, 5.41) is 3.39. The van der Waals surface area contributed by atoms with Crippen LogP contribution in [0.4, 0.5) is 10.1 Å². The molecule has 1 amide bonds. The van der Waals surface area contributed by atoms with E-state index in [1.807, 2.05) is 66.4 Å². The van der Waals surface area contributed by atoms with E-state index in [0.717, 1.165) is 16.8 Å². The smallest absolute Gasteiger partial charge is 0.256 e. The maximum absolute atomic E-state index is 13.2. The Kier molecular flexibility index (Phi) is 4.17. The second-order valence-electron chi connectivity index (χ2n) is 6.44. The third-order valence-corrected chi connectivity index (χ3v) is 4.85. The quantitative estimate of drug-likeness (QED) is 0.708. The molecule has 0 spiro atoms. The number of anilines is 1. The highest BCUT2D eigenvalue weighted by Crippen LogP contribution is 2.40.